The molecule has 1 saturated heterocycles. The molecule has 2 aromatic rings. The summed E-state index contributed by atoms with van der Waals surface area (Å²) in [5, 5.41) is 3.45. The van der Waals surface area contributed by atoms with Gasteiger partial charge in [0.1, 0.15) is 5.76 Å². The molecule has 1 unspecified atom stereocenters. The van der Waals surface area contributed by atoms with Crippen LogP contribution in [0.15, 0.2) is 46.9 Å². The Morgan fingerprint density at radius 1 is 1.12 bits per heavy atom. The Bertz CT molecular complexity index is 1110. The molecular formula is C26H28ClN3O2. The van der Waals surface area contributed by atoms with E-state index < -0.39 is 0 Å². The highest BCUT2D eigenvalue weighted by molar-refractivity contribution is 6.22. The average Bonchev–Trinajstić information content (AvgIpc) is 3.57. The first-order valence-corrected chi connectivity index (χ1v) is 12.2. The van der Waals surface area contributed by atoms with E-state index in [1.165, 1.54) is 24.1 Å². The van der Waals surface area contributed by atoms with Crippen LogP contribution >= 0.6 is 11.6 Å². The van der Waals surface area contributed by atoms with Gasteiger partial charge in [-0.2, -0.15) is 0 Å². The number of anilines is 2. The summed E-state index contributed by atoms with van der Waals surface area (Å²) < 4.78 is 6.21. The zero-order valence-corrected chi connectivity index (χ0v) is 18.9. The second-order valence-corrected chi connectivity index (χ2v) is 9.88. The van der Waals surface area contributed by atoms with Crippen molar-refractivity contribution in [3.8, 4) is 0 Å². The quantitative estimate of drug-likeness (QED) is 0.693. The number of amides is 1. The van der Waals surface area contributed by atoms with Crippen LogP contribution in [0.3, 0.4) is 0 Å². The lowest BCUT2D eigenvalue weighted by Crippen LogP contribution is -2.43. The van der Waals surface area contributed by atoms with E-state index in [9.17, 15) is 4.79 Å². The van der Waals surface area contributed by atoms with Crippen molar-refractivity contribution in [1.29, 1.82) is 0 Å². The molecule has 0 radical (unpaired) electrons. The molecule has 3 heterocycles. The number of rotatable bonds is 4. The SMILES string of the molecule is O=C1c2oc(C3=CCC(Cl)C=C3)cc2Cc2cc(N3CCNCC3)ccc2N1CC1CC1. The van der Waals surface area contributed by atoms with Crippen molar-refractivity contribution in [3.63, 3.8) is 0 Å². The molecule has 1 atom stereocenters. The molecule has 0 bridgehead atoms. The van der Waals surface area contributed by atoms with E-state index >= 15 is 0 Å². The smallest absolute Gasteiger partial charge is 0.294 e. The molecule has 5 nitrogen and oxygen atoms in total. The fourth-order valence-electron chi connectivity index (χ4n) is 4.93. The number of allylic oxidation sites excluding steroid dienone is 4. The molecule has 2 aliphatic carbocycles. The van der Waals surface area contributed by atoms with Gasteiger partial charge in [0.05, 0.1) is 5.38 Å². The van der Waals surface area contributed by atoms with Gasteiger partial charge >= 0.3 is 0 Å². The number of carbonyl (C=O) groups excluding carboxylic acids is 1. The van der Waals surface area contributed by atoms with Gasteiger partial charge in [0, 0.05) is 61.7 Å². The number of hydrogen-bond acceptors (Lipinski definition) is 4. The molecule has 4 aliphatic rings. The van der Waals surface area contributed by atoms with Crippen LogP contribution < -0.4 is 15.1 Å². The Hall–Kier alpha value is -2.50. The van der Waals surface area contributed by atoms with E-state index in [0.29, 0.717) is 18.1 Å². The van der Waals surface area contributed by atoms with E-state index in [4.69, 9.17) is 16.0 Å². The molecule has 1 aromatic carbocycles. The molecule has 2 aliphatic heterocycles. The number of alkyl halides is 1. The van der Waals surface area contributed by atoms with Gasteiger partial charge in [0.15, 0.2) is 5.76 Å². The predicted octanol–water partition coefficient (Wildman–Crippen LogP) is 4.60. The third-order valence-corrected chi connectivity index (χ3v) is 7.26. The number of halogens is 1. The zero-order chi connectivity index (χ0) is 21.7. The maximum absolute atomic E-state index is 13.7. The van der Waals surface area contributed by atoms with Crippen molar-refractivity contribution in [1.82, 2.24) is 5.32 Å². The van der Waals surface area contributed by atoms with Crippen molar-refractivity contribution in [2.45, 2.75) is 31.1 Å². The molecule has 1 saturated carbocycles. The molecule has 1 amide bonds. The van der Waals surface area contributed by atoms with Crippen LogP contribution in [0.2, 0.25) is 0 Å². The highest BCUT2D eigenvalue weighted by atomic mass is 35.5. The van der Waals surface area contributed by atoms with Gasteiger partial charge in [-0.1, -0.05) is 18.2 Å². The van der Waals surface area contributed by atoms with Gasteiger partial charge in [-0.25, -0.2) is 0 Å². The van der Waals surface area contributed by atoms with Crippen LogP contribution in [-0.2, 0) is 6.42 Å². The Morgan fingerprint density at radius 2 is 1.97 bits per heavy atom. The average molecular weight is 450 g/mol. The summed E-state index contributed by atoms with van der Waals surface area (Å²) in [4.78, 5) is 18.0. The van der Waals surface area contributed by atoms with Crippen LogP contribution in [0.5, 0.6) is 0 Å². The van der Waals surface area contributed by atoms with Gasteiger partial charge in [-0.05, 0) is 55.0 Å². The number of benzene rings is 1. The van der Waals surface area contributed by atoms with Gasteiger partial charge in [0.25, 0.3) is 5.91 Å². The number of piperazine rings is 1. The zero-order valence-electron chi connectivity index (χ0n) is 18.1. The summed E-state index contributed by atoms with van der Waals surface area (Å²) in [6, 6.07) is 8.66. The number of nitrogens with zero attached hydrogens (tertiary/aromatic N) is 2. The third kappa shape index (κ3) is 3.78. The highest BCUT2D eigenvalue weighted by Crippen LogP contribution is 2.39. The molecule has 166 valence electrons. The molecular weight excluding hydrogens is 422 g/mol. The standard InChI is InChI=1S/C26H28ClN3O2/c27-21-5-3-18(4-6-21)24-15-20-13-19-14-22(29-11-9-28-10-12-29)7-8-23(19)30(16-17-1-2-17)26(31)25(20)32-24/h3-5,7-8,14-15,17,21,28H,1-2,6,9-13,16H2. The number of hydrogen-bond donors (Lipinski definition) is 1. The summed E-state index contributed by atoms with van der Waals surface area (Å²) in [5.41, 5.74) is 5.46. The van der Waals surface area contributed by atoms with Crippen LogP contribution in [0.25, 0.3) is 5.57 Å². The Morgan fingerprint density at radius 3 is 2.72 bits per heavy atom. The highest BCUT2D eigenvalue weighted by Gasteiger charge is 2.35. The third-order valence-electron chi connectivity index (χ3n) is 6.94. The predicted molar refractivity (Wildman–Crippen MR) is 129 cm³/mol. The Kier molecular flexibility index (Phi) is 5.11. The molecule has 32 heavy (non-hydrogen) atoms. The fourth-order valence-corrected chi connectivity index (χ4v) is 5.10. The van der Waals surface area contributed by atoms with Gasteiger partial charge in [0.2, 0.25) is 0 Å². The number of nitrogens with one attached hydrogen (secondary N) is 1. The molecule has 6 rings (SSSR count). The maximum atomic E-state index is 13.7. The van der Waals surface area contributed by atoms with Crippen molar-refractivity contribution in [2.75, 3.05) is 42.5 Å². The van der Waals surface area contributed by atoms with E-state index in [-0.39, 0.29) is 11.3 Å². The van der Waals surface area contributed by atoms with Crippen molar-refractivity contribution in [3.05, 3.63) is 65.1 Å². The minimum atomic E-state index is -0.0116. The van der Waals surface area contributed by atoms with Crippen LogP contribution in [0.1, 0.15) is 46.7 Å². The first kappa shape index (κ1) is 20.1. The second-order valence-electron chi connectivity index (χ2n) is 9.32. The van der Waals surface area contributed by atoms with E-state index in [2.05, 4.69) is 40.6 Å². The van der Waals surface area contributed by atoms with Crippen LogP contribution in [0, 0.1) is 5.92 Å². The van der Waals surface area contributed by atoms with Crippen LogP contribution in [-0.4, -0.2) is 44.0 Å². The lowest BCUT2D eigenvalue weighted by molar-refractivity contribution is 0.0958. The molecule has 6 heteroatoms. The number of fused-ring (bicyclic) bond motifs is 2. The molecule has 1 N–H and O–H groups in total. The number of furan rings is 1. The first-order chi connectivity index (χ1) is 15.7. The summed E-state index contributed by atoms with van der Waals surface area (Å²) in [7, 11) is 0. The largest absolute Gasteiger partial charge is 0.451 e. The van der Waals surface area contributed by atoms with E-state index in [0.717, 1.165) is 61.7 Å². The number of carbonyl (C=O) groups is 1. The molecule has 2 fully saturated rings. The summed E-state index contributed by atoms with van der Waals surface area (Å²) in [6.45, 7) is 4.79. The second kappa shape index (κ2) is 8.13. The van der Waals surface area contributed by atoms with Gasteiger partial charge in [-0.3, -0.25) is 4.79 Å². The Labute approximate surface area is 193 Å². The maximum Gasteiger partial charge on any atom is 0.294 e. The fraction of sp³-hybridized carbons (Fsp3) is 0.423. The summed E-state index contributed by atoms with van der Waals surface area (Å²) >= 11 is 6.19. The summed E-state index contributed by atoms with van der Waals surface area (Å²) in [5.74, 6) is 1.84. The minimum absolute atomic E-state index is 0.0116. The topological polar surface area (TPSA) is 48.7 Å². The van der Waals surface area contributed by atoms with Gasteiger partial charge in [-0.15, -0.1) is 11.6 Å². The minimum Gasteiger partial charge on any atom is -0.451 e. The van der Waals surface area contributed by atoms with E-state index in [1.54, 1.807) is 0 Å². The molecule has 0 spiro atoms. The van der Waals surface area contributed by atoms with Crippen molar-refractivity contribution >= 4 is 34.5 Å². The van der Waals surface area contributed by atoms with Crippen molar-refractivity contribution < 1.29 is 9.21 Å². The van der Waals surface area contributed by atoms with Gasteiger partial charge < -0.3 is 19.5 Å². The van der Waals surface area contributed by atoms with Crippen LogP contribution in [0.4, 0.5) is 11.4 Å². The van der Waals surface area contributed by atoms with Crippen molar-refractivity contribution in [2.24, 2.45) is 5.92 Å². The Balaban J connectivity index is 1.39. The lowest BCUT2D eigenvalue weighted by Gasteiger charge is -2.31. The summed E-state index contributed by atoms with van der Waals surface area (Å²) in [6.07, 6.45) is 9.96. The monoisotopic (exact) mass is 449 g/mol. The van der Waals surface area contributed by atoms with E-state index in [1.807, 2.05) is 17.1 Å². The first-order valence-electron chi connectivity index (χ1n) is 11.7. The lowest BCUT2D eigenvalue weighted by atomic mass is 10.0. The normalized spacial score (nSPS) is 23.0. The molecule has 1 aromatic heterocycles.